The van der Waals surface area contributed by atoms with Gasteiger partial charge in [-0.2, -0.15) is 0 Å². The second-order valence-electron chi connectivity index (χ2n) is 7.00. The van der Waals surface area contributed by atoms with Crippen molar-refractivity contribution in [3.05, 3.63) is 29.3 Å². The second kappa shape index (κ2) is 5.54. The van der Waals surface area contributed by atoms with Gasteiger partial charge in [0.25, 0.3) is 0 Å². The fourth-order valence-electron chi connectivity index (χ4n) is 2.61. The van der Waals surface area contributed by atoms with E-state index in [1.807, 2.05) is 0 Å². The zero-order valence-electron chi connectivity index (χ0n) is 13.1. The molecule has 1 aromatic carbocycles. The predicted molar refractivity (Wildman–Crippen MR) is 84.0 cm³/mol. The summed E-state index contributed by atoms with van der Waals surface area (Å²) < 4.78 is 0. The van der Waals surface area contributed by atoms with Crippen molar-refractivity contribution in [2.75, 3.05) is 24.5 Å². The van der Waals surface area contributed by atoms with E-state index in [9.17, 15) is 0 Å². The van der Waals surface area contributed by atoms with Gasteiger partial charge in [-0.15, -0.1) is 0 Å². The van der Waals surface area contributed by atoms with Gasteiger partial charge in [0, 0.05) is 30.9 Å². The molecule has 1 aliphatic heterocycles. The minimum absolute atomic E-state index is 0.230. The van der Waals surface area contributed by atoms with Crippen LogP contribution in [0.2, 0.25) is 0 Å². The molecule has 1 N–H and O–H groups in total. The molecule has 1 heterocycles. The molecule has 19 heavy (non-hydrogen) atoms. The van der Waals surface area contributed by atoms with Crippen molar-refractivity contribution in [3.63, 3.8) is 0 Å². The molecule has 2 nitrogen and oxygen atoms in total. The van der Waals surface area contributed by atoms with Gasteiger partial charge in [0.05, 0.1) is 0 Å². The van der Waals surface area contributed by atoms with Crippen LogP contribution in [0.5, 0.6) is 0 Å². The molecular weight excluding hydrogens is 232 g/mol. The van der Waals surface area contributed by atoms with Gasteiger partial charge in [-0.3, -0.25) is 0 Å². The number of nitrogens with one attached hydrogen (secondary N) is 1. The Hall–Kier alpha value is -1.02. The van der Waals surface area contributed by atoms with E-state index in [1.165, 1.54) is 36.3 Å². The minimum atomic E-state index is 0.230. The predicted octanol–water partition coefficient (Wildman–Crippen LogP) is 3.52. The largest absolute Gasteiger partial charge is 0.371 e. The van der Waals surface area contributed by atoms with Crippen molar-refractivity contribution in [1.82, 2.24) is 5.32 Å². The van der Waals surface area contributed by atoms with Crippen molar-refractivity contribution < 1.29 is 0 Å². The molecule has 2 rings (SSSR count). The Morgan fingerprint density at radius 3 is 2.58 bits per heavy atom. The standard InChI is InChI=1S/C17H28N2/c1-13-6-7-16(10-14(13)2)19-9-8-15(12-19)11-18-17(3,4)5/h6-7,10,15,18H,8-9,11-12H2,1-5H3. The van der Waals surface area contributed by atoms with Crippen LogP contribution < -0.4 is 10.2 Å². The molecule has 1 fully saturated rings. The molecule has 0 saturated carbocycles. The first-order valence-electron chi connectivity index (χ1n) is 7.42. The lowest BCUT2D eigenvalue weighted by atomic mass is 10.1. The van der Waals surface area contributed by atoms with Crippen LogP contribution in [-0.2, 0) is 0 Å². The van der Waals surface area contributed by atoms with E-state index in [4.69, 9.17) is 0 Å². The highest BCUT2D eigenvalue weighted by atomic mass is 15.2. The minimum Gasteiger partial charge on any atom is -0.371 e. The topological polar surface area (TPSA) is 15.3 Å². The molecule has 0 aromatic heterocycles. The van der Waals surface area contributed by atoms with Crippen LogP contribution in [0.25, 0.3) is 0 Å². The Balaban J connectivity index is 1.92. The van der Waals surface area contributed by atoms with Crippen molar-refractivity contribution in [1.29, 1.82) is 0 Å². The third kappa shape index (κ3) is 3.97. The molecule has 1 unspecified atom stereocenters. The van der Waals surface area contributed by atoms with Crippen molar-refractivity contribution in [3.8, 4) is 0 Å². The highest BCUT2D eigenvalue weighted by Gasteiger charge is 2.24. The maximum atomic E-state index is 3.63. The molecular formula is C17H28N2. The van der Waals surface area contributed by atoms with Gasteiger partial charge in [-0.1, -0.05) is 6.07 Å². The quantitative estimate of drug-likeness (QED) is 0.894. The zero-order chi connectivity index (χ0) is 14.0. The molecule has 0 aliphatic carbocycles. The van der Waals surface area contributed by atoms with E-state index in [2.05, 4.69) is 63.0 Å². The van der Waals surface area contributed by atoms with Crippen LogP contribution in [0.4, 0.5) is 5.69 Å². The summed E-state index contributed by atoms with van der Waals surface area (Å²) in [5, 5.41) is 3.63. The lowest BCUT2D eigenvalue weighted by molar-refractivity contribution is 0.383. The van der Waals surface area contributed by atoms with Crippen LogP contribution in [0, 0.1) is 19.8 Å². The van der Waals surface area contributed by atoms with Gasteiger partial charge in [-0.05, 0) is 70.2 Å². The number of anilines is 1. The Bertz CT molecular complexity index is 431. The Kier molecular flexibility index (Phi) is 4.19. The number of benzene rings is 1. The fourth-order valence-corrected chi connectivity index (χ4v) is 2.61. The number of hydrogen-bond donors (Lipinski definition) is 1. The van der Waals surface area contributed by atoms with Crippen LogP contribution in [-0.4, -0.2) is 25.2 Å². The number of rotatable bonds is 3. The van der Waals surface area contributed by atoms with E-state index in [1.54, 1.807) is 0 Å². The van der Waals surface area contributed by atoms with E-state index >= 15 is 0 Å². The summed E-state index contributed by atoms with van der Waals surface area (Å²) in [4.78, 5) is 2.53. The first-order valence-corrected chi connectivity index (χ1v) is 7.42. The van der Waals surface area contributed by atoms with Crippen LogP contribution >= 0.6 is 0 Å². The lowest BCUT2D eigenvalue weighted by Gasteiger charge is -2.24. The molecule has 0 radical (unpaired) electrons. The van der Waals surface area contributed by atoms with Crippen molar-refractivity contribution >= 4 is 5.69 Å². The third-order valence-corrected chi connectivity index (χ3v) is 4.06. The highest BCUT2D eigenvalue weighted by Crippen LogP contribution is 2.25. The van der Waals surface area contributed by atoms with Gasteiger partial charge in [0.1, 0.15) is 0 Å². The van der Waals surface area contributed by atoms with E-state index in [0.717, 1.165) is 12.5 Å². The van der Waals surface area contributed by atoms with Crippen LogP contribution in [0.3, 0.4) is 0 Å². The lowest BCUT2D eigenvalue weighted by Crippen LogP contribution is -2.39. The van der Waals surface area contributed by atoms with Crippen LogP contribution in [0.1, 0.15) is 38.3 Å². The number of hydrogen-bond acceptors (Lipinski definition) is 2. The maximum absolute atomic E-state index is 3.63. The normalized spacial score (nSPS) is 20.1. The van der Waals surface area contributed by atoms with Crippen molar-refractivity contribution in [2.24, 2.45) is 5.92 Å². The average Bonchev–Trinajstić information content (AvgIpc) is 2.78. The Labute approximate surface area is 118 Å². The van der Waals surface area contributed by atoms with E-state index < -0.39 is 0 Å². The number of nitrogens with zero attached hydrogens (tertiary/aromatic N) is 1. The summed E-state index contributed by atoms with van der Waals surface area (Å²) in [7, 11) is 0. The average molecular weight is 260 g/mol. The second-order valence-corrected chi connectivity index (χ2v) is 7.00. The zero-order valence-corrected chi connectivity index (χ0v) is 13.1. The molecule has 106 valence electrons. The molecule has 1 aliphatic rings. The summed E-state index contributed by atoms with van der Waals surface area (Å²) >= 11 is 0. The maximum Gasteiger partial charge on any atom is 0.0369 e. The number of aryl methyl sites for hydroxylation is 2. The molecule has 1 saturated heterocycles. The monoisotopic (exact) mass is 260 g/mol. The van der Waals surface area contributed by atoms with Gasteiger partial charge >= 0.3 is 0 Å². The summed E-state index contributed by atoms with van der Waals surface area (Å²) in [6.07, 6.45) is 1.30. The van der Waals surface area contributed by atoms with Crippen molar-refractivity contribution in [2.45, 2.75) is 46.6 Å². The molecule has 0 amide bonds. The van der Waals surface area contributed by atoms with Gasteiger partial charge < -0.3 is 10.2 Å². The summed E-state index contributed by atoms with van der Waals surface area (Å²) in [5.41, 5.74) is 4.40. The molecule has 1 aromatic rings. The SMILES string of the molecule is Cc1ccc(N2CCC(CNC(C)(C)C)C2)cc1C. The highest BCUT2D eigenvalue weighted by molar-refractivity contribution is 5.51. The van der Waals surface area contributed by atoms with E-state index in [0.29, 0.717) is 0 Å². The Morgan fingerprint density at radius 2 is 1.95 bits per heavy atom. The van der Waals surface area contributed by atoms with Crippen LogP contribution in [0.15, 0.2) is 18.2 Å². The smallest absolute Gasteiger partial charge is 0.0369 e. The van der Waals surface area contributed by atoms with E-state index in [-0.39, 0.29) is 5.54 Å². The molecule has 0 spiro atoms. The fraction of sp³-hybridized carbons (Fsp3) is 0.647. The third-order valence-electron chi connectivity index (χ3n) is 4.06. The first kappa shape index (κ1) is 14.4. The molecule has 0 bridgehead atoms. The molecule has 2 heteroatoms. The molecule has 1 atom stereocenters. The first-order chi connectivity index (χ1) is 8.85. The van der Waals surface area contributed by atoms with Gasteiger partial charge in [-0.25, -0.2) is 0 Å². The summed E-state index contributed by atoms with van der Waals surface area (Å²) in [6, 6.07) is 6.84. The Morgan fingerprint density at radius 1 is 1.21 bits per heavy atom. The van der Waals surface area contributed by atoms with Gasteiger partial charge in [0.15, 0.2) is 0 Å². The van der Waals surface area contributed by atoms with Gasteiger partial charge in [0.2, 0.25) is 0 Å². The summed E-state index contributed by atoms with van der Waals surface area (Å²) in [6.45, 7) is 14.6. The summed E-state index contributed by atoms with van der Waals surface area (Å²) in [5.74, 6) is 0.779.